The molecule has 2 aromatic rings. The van der Waals surface area contributed by atoms with E-state index in [0.717, 1.165) is 54.7 Å². The molecule has 0 aliphatic carbocycles. The Labute approximate surface area is 239 Å². The van der Waals surface area contributed by atoms with E-state index in [9.17, 15) is 9.90 Å². The number of carbonyl (C=O) groups excluding carboxylic acids is 1. The Balaban J connectivity index is 1.18. The molecule has 40 heavy (non-hydrogen) atoms. The lowest BCUT2D eigenvalue weighted by molar-refractivity contribution is -0.180. The minimum absolute atomic E-state index is 0.213. The first-order chi connectivity index (χ1) is 19.0. The van der Waals surface area contributed by atoms with Gasteiger partial charge in [-0.15, -0.1) is 0 Å². The number of nitrogens with one attached hydrogen (secondary N) is 2. The van der Waals surface area contributed by atoms with Crippen LogP contribution in [0.2, 0.25) is 0 Å². The van der Waals surface area contributed by atoms with E-state index in [0.29, 0.717) is 32.9 Å². The van der Waals surface area contributed by atoms with Crippen LogP contribution >= 0.6 is 0 Å². The van der Waals surface area contributed by atoms with Crippen LogP contribution in [-0.2, 0) is 20.8 Å². The van der Waals surface area contributed by atoms with Gasteiger partial charge in [0, 0.05) is 44.5 Å². The number of hydrogen-bond donors (Lipinski definition) is 3. The molecule has 1 aliphatic heterocycles. The van der Waals surface area contributed by atoms with Crippen molar-refractivity contribution in [3.63, 3.8) is 0 Å². The van der Waals surface area contributed by atoms with E-state index < -0.39 is 18.0 Å². The summed E-state index contributed by atoms with van der Waals surface area (Å²) in [7, 11) is 0. The summed E-state index contributed by atoms with van der Waals surface area (Å²) in [6.45, 7) is 13.3. The van der Waals surface area contributed by atoms with Crippen LogP contribution in [0.3, 0.4) is 0 Å². The van der Waals surface area contributed by atoms with Gasteiger partial charge in [0.1, 0.15) is 11.9 Å². The molecule has 1 heterocycles. The highest BCUT2D eigenvalue weighted by atomic mass is 16.7. The van der Waals surface area contributed by atoms with E-state index >= 15 is 0 Å². The molecule has 2 aromatic carbocycles. The number of unbranched alkanes of at least 4 members (excludes halogenated alkanes) is 3. The predicted octanol–water partition coefficient (Wildman–Crippen LogP) is 6.05. The highest BCUT2D eigenvalue weighted by Crippen LogP contribution is 2.36. The molecule has 3 rings (SSSR count). The van der Waals surface area contributed by atoms with Gasteiger partial charge in [-0.05, 0) is 42.6 Å². The highest BCUT2D eigenvalue weighted by molar-refractivity contribution is 5.67. The van der Waals surface area contributed by atoms with Crippen molar-refractivity contribution < 1.29 is 28.8 Å². The Morgan fingerprint density at radius 2 is 1.75 bits per heavy atom. The summed E-state index contributed by atoms with van der Waals surface area (Å²) in [5.74, 6) is 0.198. The number of benzene rings is 2. The third kappa shape index (κ3) is 10.7. The Morgan fingerprint density at radius 3 is 2.50 bits per heavy atom. The van der Waals surface area contributed by atoms with Crippen molar-refractivity contribution in [2.45, 2.75) is 84.9 Å². The molecular formula is C32H48N2O6. The van der Waals surface area contributed by atoms with Crippen LogP contribution in [0.4, 0.5) is 4.79 Å². The molecule has 1 aliphatic rings. The fourth-order valence-corrected chi connectivity index (χ4v) is 4.58. The number of fused-ring (bicyclic) bond motifs is 1. The lowest BCUT2D eigenvalue weighted by Crippen LogP contribution is -2.35. The highest BCUT2D eigenvalue weighted by Gasteiger charge is 2.30. The third-order valence-corrected chi connectivity index (χ3v) is 6.76. The minimum Gasteiger partial charge on any atom is -0.463 e. The molecule has 0 fully saturated rings. The molecule has 8 nitrogen and oxygen atoms in total. The SMILES string of the molecule is CC1(C)OCc2cc(C(O)CNCCCCCCOCCNC(=O)OC(c3ccccc3)C(C)(C)C)ccc2O1. The van der Waals surface area contributed by atoms with Crippen molar-refractivity contribution in [2.24, 2.45) is 5.41 Å². The molecule has 1 amide bonds. The summed E-state index contributed by atoms with van der Waals surface area (Å²) in [5, 5.41) is 16.7. The zero-order valence-corrected chi connectivity index (χ0v) is 24.8. The number of ether oxygens (including phenoxy) is 4. The van der Waals surface area contributed by atoms with Gasteiger partial charge in [0.25, 0.3) is 0 Å². The van der Waals surface area contributed by atoms with Crippen molar-refractivity contribution in [3.8, 4) is 5.75 Å². The molecule has 0 saturated heterocycles. The van der Waals surface area contributed by atoms with E-state index in [1.54, 1.807) is 0 Å². The summed E-state index contributed by atoms with van der Waals surface area (Å²) < 4.78 is 22.9. The molecule has 0 aromatic heterocycles. The lowest BCUT2D eigenvalue weighted by atomic mass is 9.84. The molecule has 8 heteroatoms. The Kier molecular flexibility index (Phi) is 12.3. The van der Waals surface area contributed by atoms with E-state index in [2.05, 4.69) is 31.4 Å². The van der Waals surface area contributed by atoms with Crippen molar-refractivity contribution in [3.05, 3.63) is 65.2 Å². The van der Waals surface area contributed by atoms with E-state index in [-0.39, 0.29) is 11.5 Å². The molecule has 2 atom stereocenters. The van der Waals surface area contributed by atoms with Gasteiger partial charge < -0.3 is 34.7 Å². The second-order valence-corrected chi connectivity index (χ2v) is 11.9. The minimum atomic E-state index is -0.618. The van der Waals surface area contributed by atoms with Gasteiger partial charge in [-0.25, -0.2) is 4.79 Å². The maximum absolute atomic E-state index is 12.3. The summed E-state index contributed by atoms with van der Waals surface area (Å²) in [6.07, 6.45) is 2.86. The van der Waals surface area contributed by atoms with Crippen molar-refractivity contribution in [1.82, 2.24) is 10.6 Å². The van der Waals surface area contributed by atoms with E-state index in [4.69, 9.17) is 18.9 Å². The molecule has 222 valence electrons. The summed E-state index contributed by atoms with van der Waals surface area (Å²) >= 11 is 0. The summed E-state index contributed by atoms with van der Waals surface area (Å²) in [4.78, 5) is 12.3. The van der Waals surface area contributed by atoms with Gasteiger partial charge in [0.15, 0.2) is 0 Å². The fourth-order valence-electron chi connectivity index (χ4n) is 4.58. The molecule has 3 N–H and O–H groups in total. The first-order valence-electron chi connectivity index (χ1n) is 14.5. The van der Waals surface area contributed by atoms with Crippen LogP contribution in [0.1, 0.15) is 89.2 Å². The fraction of sp³-hybridized carbons (Fsp3) is 0.594. The quantitative estimate of drug-likeness (QED) is 0.230. The summed E-state index contributed by atoms with van der Waals surface area (Å²) in [5.41, 5.74) is 2.60. The van der Waals surface area contributed by atoms with Crippen LogP contribution < -0.4 is 15.4 Å². The van der Waals surface area contributed by atoms with Gasteiger partial charge in [-0.3, -0.25) is 0 Å². The number of alkyl carbamates (subject to hydrolysis) is 1. The average molecular weight is 557 g/mol. The van der Waals surface area contributed by atoms with E-state index in [1.165, 1.54) is 0 Å². The topological polar surface area (TPSA) is 98.3 Å². The van der Waals surface area contributed by atoms with Crippen LogP contribution in [0.25, 0.3) is 0 Å². The smallest absolute Gasteiger partial charge is 0.407 e. The molecule has 0 radical (unpaired) electrons. The zero-order chi connectivity index (χ0) is 29.0. The molecule has 0 saturated carbocycles. The first-order valence-corrected chi connectivity index (χ1v) is 14.5. The second kappa shape index (κ2) is 15.4. The van der Waals surface area contributed by atoms with Gasteiger partial charge >= 0.3 is 6.09 Å². The monoisotopic (exact) mass is 556 g/mol. The van der Waals surface area contributed by atoms with Gasteiger partial charge in [-0.2, -0.15) is 0 Å². The number of hydrogen-bond acceptors (Lipinski definition) is 7. The van der Waals surface area contributed by atoms with Crippen molar-refractivity contribution in [2.75, 3.05) is 32.8 Å². The van der Waals surface area contributed by atoms with E-state index in [1.807, 2.05) is 62.4 Å². The number of aliphatic hydroxyl groups is 1. The number of carbonyl (C=O) groups is 1. The lowest BCUT2D eigenvalue weighted by Gasteiger charge is -2.33. The number of rotatable bonds is 15. The maximum Gasteiger partial charge on any atom is 0.407 e. The van der Waals surface area contributed by atoms with Gasteiger partial charge in [-0.1, -0.05) is 70.0 Å². The molecule has 0 spiro atoms. The van der Waals surface area contributed by atoms with Crippen LogP contribution in [0, 0.1) is 5.41 Å². The maximum atomic E-state index is 12.3. The standard InChI is InChI=1S/C32H48N2O6/c1-31(2,3)29(24-13-9-8-10-14-24)39-30(36)34-18-20-37-19-12-7-6-11-17-33-22-27(35)25-15-16-28-26(21-25)23-38-32(4,5)40-28/h8-10,13-16,21,27,29,33,35H,6-7,11-12,17-20,22-23H2,1-5H3,(H,34,36). The van der Waals surface area contributed by atoms with Crippen molar-refractivity contribution >= 4 is 6.09 Å². The largest absolute Gasteiger partial charge is 0.463 e. The van der Waals surface area contributed by atoms with Crippen LogP contribution in [0.15, 0.2) is 48.5 Å². The van der Waals surface area contributed by atoms with Crippen LogP contribution in [0.5, 0.6) is 5.75 Å². The number of aliphatic hydroxyl groups excluding tert-OH is 1. The first kappa shape index (κ1) is 31.9. The Morgan fingerprint density at radius 1 is 1.00 bits per heavy atom. The second-order valence-electron chi connectivity index (χ2n) is 11.9. The Bertz CT molecular complexity index is 1040. The normalized spacial score (nSPS) is 15.9. The molecule has 0 bridgehead atoms. The molecule has 2 unspecified atom stereocenters. The van der Waals surface area contributed by atoms with Gasteiger partial charge in [0.2, 0.25) is 5.79 Å². The van der Waals surface area contributed by atoms with Gasteiger partial charge in [0.05, 0.1) is 19.3 Å². The Hall–Kier alpha value is -2.65. The predicted molar refractivity (Wildman–Crippen MR) is 156 cm³/mol. The number of amides is 1. The average Bonchev–Trinajstić information content (AvgIpc) is 2.91. The zero-order valence-electron chi connectivity index (χ0n) is 24.8. The summed E-state index contributed by atoms with van der Waals surface area (Å²) in [6, 6.07) is 15.6. The van der Waals surface area contributed by atoms with Crippen molar-refractivity contribution in [1.29, 1.82) is 0 Å². The van der Waals surface area contributed by atoms with Crippen LogP contribution in [-0.4, -0.2) is 49.8 Å². The molecular weight excluding hydrogens is 508 g/mol. The third-order valence-electron chi connectivity index (χ3n) is 6.76.